The zero-order chi connectivity index (χ0) is 18.1. The molecular weight excluding hydrogens is 314 g/mol. The fraction of sp³-hybridized carbons (Fsp3) is 0.450. The van der Waals surface area contributed by atoms with Gasteiger partial charge in [-0.3, -0.25) is 4.79 Å². The van der Waals surface area contributed by atoms with Crippen molar-refractivity contribution in [3.05, 3.63) is 54.4 Å². The highest BCUT2D eigenvalue weighted by molar-refractivity contribution is 5.66. The Hall–Kier alpha value is -2.43. The second-order valence-corrected chi connectivity index (χ2v) is 6.33. The van der Waals surface area contributed by atoms with Crippen molar-refractivity contribution in [3.63, 3.8) is 0 Å². The Kier molecular flexibility index (Phi) is 7.38. The zero-order valence-corrected chi connectivity index (χ0v) is 15.2. The van der Waals surface area contributed by atoms with Crippen LogP contribution in [-0.4, -0.2) is 28.6 Å². The minimum absolute atomic E-state index is 0.0586. The second kappa shape index (κ2) is 9.77. The van der Waals surface area contributed by atoms with E-state index in [1.807, 2.05) is 6.07 Å². The van der Waals surface area contributed by atoms with E-state index in [9.17, 15) is 4.79 Å². The second-order valence-electron chi connectivity index (χ2n) is 6.33. The number of nitrogens with zero attached hydrogens (tertiary/aromatic N) is 2. The third-order valence-electron chi connectivity index (χ3n) is 4.35. The summed E-state index contributed by atoms with van der Waals surface area (Å²) in [5.41, 5.74) is 1.26. The van der Waals surface area contributed by atoms with Crippen molar-refractivity contribution in [2.45, 2.75) is 45.6 Å². The number of esters is 1. The minimum Gasteiger partial charge on any atom is -0.462 e. The summed E-state index contributed by atoms with van der Waals surface area (Å²) in [7, 11) is 0. The Balaban J connectivity index is 2.07. The van der Waals surface area contributed by atoms with Crippen LogP contribution >= 0.6 is 0 Å². The summed E-state index contributed by atoms with van der Waals surface area (Å²) in [5, 5.41) is 3.32. The van der Waals surface area contributed by atoms with Crippen molar-refractivity contribution in [2.24, 2.45) is 5.92 Å². The summed E-state index contributed by atoms with van der Waals surface area (Å²) >= 11 is 0. The Labute approximate surface area is 149 Å². The maximum atomic E-state index is 11.3. The Bertz CT molecular complexity index is 634. The molecule has 3 atom stereocenters. The Morgan fingerprint density at radius 1 is 1.16 bits per heavy atom. The monoisotopic (exact) mass is 341 g/mol. The molecule has 134 valence electrons. The molecule has 5 heteroatoms. The van der Waals surface area contributed by atoms with Gasteiger partial charge in [0.15, 0.2) is 0 Å². The standard InChI is InChI=1S/C20H27N3O2/c1-4-19(25-16(3)24)15(2)13-18(17-9-6-5-7-10-17)14-23-20-21-11-8-12-22-20/h5-12,15,18-19H,4,13-14H2,1-3H3,(H,21,22,23). The first-order valence-electron chi connectivity index (χ1n) is 8.83. The fourth-order valence-electron chi connectivity index (χ4n) is 3.08. The van der Waals surface area contributed by atoms with Gasteiger partial charge in [0.05, 0.1) is 0 Å². The molecule has 1 heterocycles. The highest BCUT2D eigenvalue weighted by Gasteiger charge is 2.23. The normalized spacial score (nSPS) is 14.4. The maximum absolute atomic E-state index is 11.3. The van der Waals surface area contributed by atoms with Crippen LogP contribution in [0.15, 0.2) is 48.8 Å². The van der Waals surface area contributed by atoms with Gasteiger partial charge in [0.25, 0.3) is 0 Å². The van der Waals surface area contributed by atoms with Crippen LogP contribution in [0.2, 0.25) is 0 Å². The van der Waals surface area contributed by atoms with Crippen LogP contribution in [0.3, 0.4) is 0 Å². The molecule has 1 aromatic carbocycles. The van der Waals surface area contributed by atoms with Crippen LogP contribution in [0, 0.1) is 5.92 Å². The number of nitrogens with one attached hydrogen (secondary N) is 1. The Morgan fingerprint density at radius 3 is 2.44 bits per heavy atom. The van der Waals surface area contributed by atoms with Crippen molar-refractivity contribution in [1.82, 2.24) is 9.97 Å². The number of hydrogen-bond donors (Lipinski definition) is 1. The average molecular weight is 341 g/mol. The molecule has 1 aromatic heterocycles. The summed E-state index contributed by atoms with van der Waals surface area (Å²) in [6.07, 6.45) is 5.12. The number of ether oxygens (including phenoxy) is 1. The van der Waals surface area contributed by atoms with Crippen molar-refractivity contribution in [3.8, 4) is 0 Å². The molecule has 0 spiro atoms. The van der Waals surface area contributed by atoms with E-state index in [1.165, 1.54) is 12.5 Å². The van der Waals surface area contributed by atoms with Gasteiger partial charge >= 0.3 is 5.97 Å². The van der Waals surface area contributed by atoms with Gasteiger partial charge in [-0.25, -0.2) is 9.97 Å². The molecule has 5 nitrogen and oxygen atoms in total. The number of benzene rings is 1. The van der Waals surface area contributed by atoms with E-state index >= 15 is 0 Å². The summed E-state index contributed by atoms with van der Waals surface area (Å²) in [4.78, 5) is 19.8. The predicted octanol–water partition coefficient (Wildman–Crippen LogP) is 4.04. The van der Waals surface area contributed by atoms with E-state index in [4.69, 9.17) is 4.74 Å². The van der Waals surface area contributed by atoms with Crippen LogP contribution in [-0.2, 0) is 9.53 Å². The molecule has 25 heavy (non-hydrogen) atoms. The maximum Gasteiger partial charge on any atom is 0.302 e. The van der Waals surface area contributed by atoms with Crippen LogP contribution in [0.25, 0.3) is 0 Å². The van der Waals surface area contributed by atoms with E-state index in [1.54, 1.807) is 18.5 Å². The molecule has 0 saturated carbocycles. The summed E-state index contributed by atoms with van der Waals surface area (Å²) < 4.78 is 5.48. The number of carbonyl (C=O) groups is 1. The molecule has 0 aliphatic rings. The summed E-state index contributed by atoms with van der Waals surface area (Å²) in [6, 6.07) is 12.2. The molecule has 1 N–H and O–H groups in total. The van der Waals surface area contributed by atoms with Crippen LogP contribution < -0.4 is 5.32 Å². The first-order chi connectivity index (χ1) is 12.1. The van der Waals surface area contributed by atoms with Gasteiger partial charge in [-0.05, 0) is 30.4 Å². The fourth-order valence-corrected chi connectivity index (χ4v) is 3.08. The molecule has 0 bridgehead atoms. The van der Waals surface area contributed by atoms with Crippen molar-refractivity contribution < 1.29 is 9.53 Å². The van der Waals surface area contributed by atoms with Gasteiger partial charge in [0.2, 0.25) is 5.95 Å². The minimum atomic E-state index is -0.217. The van der Waals surface area contributed by atoms with Crippen LogP contribution in [0.5, 0.6) is 0 Å². The van der Waals surface area contributed by atoms with Crippen molar-refractivity contribution in [1.29, 1.82) is 0 Å². The van der Waals surface area contributed by atoms with E-state index in [2.05, 4.69) is 53.4 Å². The quantitative estimate of drug-likeness (QED) is 0.697. The van der Waals surface area contributed by atoms with Crippen molar-refractivity contribution in [2.75, 3.05) is 11.9 Å². The highest BCUT2D eigenvalue weighted by atomic mass is 16.5. The molecule has 0 saturated heterocycles. The van der Waals surface area contributed by atoms with Gasteiger partial charge in [-0.1, -0.05) is 44.2 Å². The third-order valence-corrected chi connectivity index (χ3v) is 4.35. The van der Waals surface area contributed by atoms with Crippen LogP contribution in [0.4, 0.5) is 5.95 Å². The van der Waals surface area contributed by atoms with E-state index in [0.29, 0.717) is 5.95 Å². The van der Waals surface area contributed by atoms with Gasteiger partial charge in [0, 0.05) is 31.8 Å². The van der Waals surface area contributed by atoms with Gasteiger partial charge in [-0.2, -0.15) is 0 Å². The number of rotatable bonds is 9. The highest BCUT2D eigenvalue weighted by Crippen LogP contribution is 2.28. The lowest BCUT2D eigenvalue weighted by Gasteiger charge is -2.27. The topological polar surface area (TPSA) is 64.1 Å². The molecule has 3 unspecified atom stereocenters. The van der Waals surface area contributed by atoms with Gasteiger partial charge in [0.1, 0.15) is 6.10 Å². The van der Waals surface area contributed by atoms with E-state index in [-0.39, 0.29) is 23.9 Å². The lowest BCUT2D eigenvalue weighted by atomic mass is 9.86. The first kappa shape index (κ1) is 18.9. The molecular formula is C20H27N3O2. The lowest BCUT2D eigenvalue weighted by Crippen LogP contribution is -2.27. The molecule has 0 amide bonds. The number of hydrogen-bond acceptors (Lipinski definition) is 5. The smallest absolute Gasteiger partial charge is 0.302 e. The largest absolute Gasteiger partial charge is 0.462 e. The molecule has 2 aromatic rings. The Morgan fingerprint density at radius 2 is 1.84 bits per heavy atom. The number of anilines is 1. The molecule has 0 radical (unpaired) electrons. The first-order valence-corrected chi connectivity index (χ1v) is 8.83. The zero-order valence-electron chi connectivity index (χ0n) is 15.2. The number of carbonyl (C=O) groups excluding carboxylic acids is 1. The van der Waals surface area contributed by atoms with E-state index in [0.717, 1.165) is 19.4 Å². The lowest BCUT2D eigenvalue weighted by molar-refractivity contribution is -0.149. The van der Waals surface area contributed by atoms with Crippen molar-refractivity contribution >= 4 is 11.9 Å². The molecule has 2 rings (SSSR count). The third kappa shape index (κ3) is 6.18. The molecule has 0 fully saturated rings. The number of aromatic nitrogens is 2. The van der Waals surface area contributed by atoms with Crippen LogP contribution in [0.1, 0.15) is 45.1 Å². The van der Waals surface area contributed by atoms with Gasteiger partial charge < -0.3 is 10.1 Å². The summed E-state index contributed by atoms with van der Waals surface area (Å²) in [5.74, 6) is 0.955. The van der Waals surface area contributed by atoms with E-state index < -0.39 is 0 Å². The molecule has 0 aliphatic carbocycles. The average Bonchev–Trinajstić information content (AvgIpc) is 2.64. The SMILES string of the molecule is CCC(OC(C)=O)C(C)CC(CNc1ncccn1)c1ccccc1. The summed E-state index contributed by atoms with van der Waals surface area (Å²) in [6.45, 7) is 6.40. The molecule has 0 aliphatic heterocycles. The predicted molar refractivity (Wildman–Crippen MR) is 99.3 cm³/mol. The van der Waals surface area contributed by atoms with Gasteiger partial charge in [-0.15, -0.1) is 0 Å².